The summed E-state index contributed by atoms with van der Waals surface area (Å²) >= 11 is 0. The van der Waals surface area contributed by atoms with Crippen LogP contribution in [-0.2, 0) is 38.0 Å². The SMILES string of the molecule is CC(OC(C(=O)OC1CC2CCC(C1)[N+]21CCCC1)(c1ccccc1)c1ccccc1)OP(=O)(OC(C)(C)C)OC(C)(C)C. The van der Waals surface area contributed by atoms with Crippen LogP contribution in [0.3, 0.4) is 0 Å². The highest BCUT2D eigenvalue weighted by Crippen LogP contribution is 2.57. The van der Waals surface area contributed by atoms with Gasteiger partial charge in [0.1, 0.15) is 6.10 Å². The molecule has 3 unspecified atom stereocenters. The van der Waals surface area contributed by atoms with Crippen molar-refractivity contribution in [2.24, 2.45) is 0 Å². The fraction of sp³-hybridized carbons (Fsp3) is 0.629. The topological polar surface area (TPSA) is 80.3 Å². The van der Waals surface area contributed by atoms with Gasteiger partial charge in [0, 0.05) is 38.5 Å². The van der Waals surface area contributed by atoms with Crippen molar-refractivity contribution in [3.05, 3.63) is 71.8 Å². The van der Waals surface area contributed by atoms with Crippen LogP contribution in [0.4, 0.5) is 0 Å². The van der Waals surface area contributed by atoms with E-state index >= 15 is 0 Å². The molecule has 3 heterocycles. The van der Waals surface area contributed by atoms with E-state index in [2.05, 4.69) is 0 Å². The minimum atomic E-state index is -4.16. The normalized spacial score (nSPS) is 24.4. The molecular formula is C35H51NO7P+. The summed E-state index contributed by atoms with van der Waals surface area (Å²) in [6, 6.07) is 19.8. The molecule has 5 rings (SSSR count). The number of quaternary nitrogens is 1. The van der Waals surface area contributed by atoms with E-state index in [9.17, 15) is 9.36 Å². The van der Waals surface area contributed by atoms with E-state index in [-0.39, 0.29) is 6.10 Å². The Labute approximate surface area is 263 Å². The fourth-order valence-corrected chi connectivity index (χ4v) is 9.53. The van der Waals surface area contributed by atoms with Gasteiger partial charge < -0.3 is 14.0 Å². The number of nitrogens with zero attached hydrogens (tertiary/aromatic N) is 1. The number of rotatable bonds is 10. The summed E-state index contributed by atoms with van der Waals surface area (Å²) in [5.74, 6) is -0.507. The van der Waals surface area contributed by atoms with Gasteiger partial charge in [-0.15, -0.1) is 0 Å². The number of esters is 1. The third kappa shape index (κ3) is 7.16. The molecule has 1 spiro atoms. The molecule has 0 radical (unpaired) electrons. The molecule has 3 atom stereocenters. The van der Waals surface area contributed by atoms with Crippen molar-refractivity contribution < 1.29 is 36.9 Å². The maximum absolute atomic E-state index is 14.7. The first kappa shape index (κ1) is 33.3. The van der Waals surface area contributed by atoms with Gasteiger partial charge >= 0.3 is 13.8 Å². The Morgan fingerprint density at radius 1 is 0.795 bits per heavy atom. The molecule has 3 saturated heterocycles. The van der Waals surface area contributed by atoms with E-state index in [1.54, 1.807) is 48.5 Å². The molecule has 0 amide bonds. The first-order valence-corrected chi connectivity index (χ1v) is 17.7. The first-order valence-electron chi connectivity index (χ1n) is 16.2. The number of piperidine rings is 1. The van der Waals surface area contributed by atoms with Gasteiger partial charge in [-0.25, -0.2) is 9.36 Å². The molecule has 3 aliphatic rings. The van der Waals surface area contributed by atoms with Gasteiger partial charge in [-0.2, -0.15) is 0 Å². The molecular weight excluding hydrogens is 577 g/mol. The van der Waals surface area contributed by atoms with Crippen molar-refractivity contribution in [1.29, 1.82) is 0 Å². The fourth-order valence-electron chi connectivity index (χ4n) is 7.66. The van der Waals surface area contributed by atoms with Crippen LogP contribution in [0, 0.1) is 0 Å². The Hall–Kier alpha value is -2.06. The van der Waals surface area contributed by atoms with Gasteiger partial charge in [-0.05, 0) is 59.6 Å². The molecule has 3 aliphatic heterocycles. The highest BCUT2D eigenvalue weighted by atomic mass is 31.2. The van der Waals surface area contributed by atoms with Gasteiger partial charge in [0.15, 0.2) is 6.29 Å². The lowest BCUT2D eigenvalue weighted by molar-refractivity contribution is -0.956. The second kappa shape index (κ2) is 12.6. The number of hydrogen-bond donors (Lipinski definition) is 0. The Kier molecular flexibility index (Phi) is 9.55. The zero-order chi connectivity index (χ0) is 31.8. The van der Waals surface area contributed by atoms with E-state index in [4.69, 9.17) is 23.0 Å². The molecule has 3 fully saturated rings. The molecule has 242 valence electrons. The Morgan fingerprint density at radius 3 is 1.68 bits per heavy atom. The Morgan fingerprint density at radius 2 is 1.25 bits per heavy atom. The average Bonchev–Trinajstić information content (AvgIpc) is 3.46. The number of hydrogen-bond acceptors (Lipinski definition) is 7. The number of phosphoric ester groups is 1. The van der Waals surface area contributed by atoms with Crippen LogP contribution in [0.5, 0.6) is 0 Å². The third-order valence-electron chi connectivity index (χ3n) is 9.07. The summed E-state index contributed by atoms with van der Waals surface area (Å²) in [4.78, 5) is 14.7. The highest BCUT2D eigenvalue weighted by molar-refractivity contribution is 7.48. The minimum Gasteiger partial charge on any atom is -0.459 e. The van der Waals surface area contributed by atoms with Gasteiger partial charge in [0.05, 0.1) is 36.4 Å². The smallest absolute Gasteiger partial charge is 0.459 e. The van der Waals surface area contributed by atoms with Crippen LogP contribution in [0.15, 0.2) is 60.7 Å². The van der Waals surface area contributed by atoms with Crippen LogP contribution in [-0.4, -0.2) is 59.2 Å². The molecule has 9 heteroatoms. The molecule has 0 aliphatic carbocycles. The molecule has 0 aromatic heterocycles. The van der Waals surface area contributed by atoms with Gasteiger partial charge in [-0.1, -0.05) is 60.7 Å². The van der Waals surface area contributed by atoms with Crippen molar-refractivity contribution >= 4 is 13.8 Å². The summed E-state index contributed by atoms with van der Waals surface area (Å²) in [6.45, 7) is 14.8. The molecule has 2 aromatic rings. The lowest BCUT2D eigenvalue weighted by Crippen LogP contribution is -2.60. The van der Waals surface area contributed by atoms with Crippen molar-refractivity contribution in [1.82, 2.24) is 0 Å². The summed E-state index contributed by atoms with van der Waals surface area (Å²) in [6.07, 6.45) is 5.31. The number of carbonyl (C=O) groups is 1. The largest absolute Gasteiger partial charge is 0.478 e. The lowest BCUT2D eigenvalue weighted by atomic mass is 9.85. The molecule has 2 aromatic carbocycles. The standard InChI is InChI=1S/C35H51NO7P/c1-26(41-44(38,42-33(2,3)4)43-34(5,6)7)40-35(27-16-10-8-11-17-27,28-18-12-9-13-19-28)32(37)39-31-24-29-20-21-30(25-31)36(29)22-14-15-23-36/h8-13,16-19,26,29-31H,14-15,20-25H2,1-7H3/q+1. The van der Waals surface area contributed by atoms with Crippen molar-refractivity contribution in [3.8, 4) is 0 Å². The van der Waals surface area contributed by atoms with Crippen molar-refractivity contribution in [3.63, 3.8) is 0 Å². The van der Waals surface area contributed by atoms with Crippen molar-refractivity contribution in [2.45, 2.75) is 128 Å². The van der Waals surface area contributed by atoms with E-state index in [0.29, 0.717) is 23.2 Å². The van der Waals surface area contributed by atoms with Crippen LogP contribution >= 0.6 is 7.82 Å². The van der Waals surface area contributed by atoms with E-state index in [1.165, 1.54) is 43.3 Å². The third-order valence-corrected chi connectivity index (χ3v) is 11.2. The Balaban J connectivity index is 1.48. The molecule has 2 bridgehead atoms. The van der Waals surface area contributed by atoms with Crippen LogP contribution < -0.4 is 0 Å². The minimum absolute atomic E-state index is 0.199. The number of carbonyl (C=O) groups excluding carboxylic acids is 1. The maximum atomic E-state index is 14.7. The first-order chi connectivity index (χ1) is 20.6. The Bertz CT molecular complexity index is 1240. The van der Waals surface area contributed by atoms with Gasteiger partial charge in [-0.3, -0.25) is 13.6 Å². The molecule has 0 saturated carbocycles. The molecule has 8 nitrogen and oxygen atoms in total. The van der Waals surface area contributed by atoms with E-state index in [1.807, 2.05) is 60.7 Å². The average molecular weight is 629 g/mol. The summed E-state index contributed by atoms with van der Waals surface area (Å²) in [7, 11) is -4.16. The monoisotopic (exact) mass is 628 g/mol. The quantitative estimate of drug-likeness (QED) is 0.115. The number of phosphoric acid groups is 1. The predicted octanol–water partition coefficient (Wildman–Crippen LogP) is 7.89. The predicted molar refractivity (Wildman–Crippen MR) is 170 cm³/mol. The maximum Gasteiger partial charge on any atom is 0.478 e. The lowest BCUT2D eigenvalue weighted by Gasteiger charge is -2.47. The summed E-state index contributed by atoms with van der Waals surface area (Å²) in [5.41, 5.74) is -2.16. The van der Waals surface area contributed by atoms with Crippen LogP contribution in [0.25, 0.3) is 0 Å². The zero-order valence-electron chi connectivity index (χ0n) is 27.5. The van der Waals surface area contributed by atoms with Gasteiger partial charge in [0.25, 0.3) is 0 Å². The summed E-state index contributed by atoms with van der Waals surface area (Å²) in [5, 5.41) is 0. The number of benzene rings is 2. The van der Waals surface area contributed by atoms with Gasteiger partial charge in [0.2, 0.25) is 5.60 Å². The second-order valence-electron chi connectivity index (χ2n) is 14.7. The zero-order valence-corrected chi connectivity index (χ0v) is 28.4. The van der Waals surface area contributed by atoms with Crippen molar-refractivity contribution in [2.75, 3.05) is 13.1 Å². The van der Waals surface area contributed by atoms with E-state index < -0.39 is 36.9 Å². The highest BCUT2D eigenvalue weighted by Gasteiger charge is 2.57. The number of ether oxygens (including phenoxy) is 2. The van der Waals surface area contributed by atoms with E-state index in [0.717, 1.165) is 12.8 Å². The van der Waals surface area contributed by atoms with Crippen LogP contribution in [0.2, 0.25) is 0 Å². The molecule has 0 N–H and O–H groups in total. The second-order valence-corrected chi connectivity index (χ2v) is 16.2. The molecule has 44 heavy (non-hydrogen) atoms. The van der Waals surface area contributed by atoms with Crippen LogP contribution in [0.1, 0.15) is 98.1 Å². The summed E-state index contributed by atoms with van der Waals surface area (Å²) < 4.78 is 46.2.